The normalized spacial score (nSPS) is 17.2. The summed E-state index contributed by atoms with van der Waals surface area (Å²) in [6.45, 7) is 5.43. The van der Waals surface area contributed by atoms with Gasteiger partial charge in [-0.15, -0.1) is 0 Å². The fourth-order valence-electron chi connectivity index (χ4n) is 2.62. The summed E-state index contributed by atoms with van der Waals surface area (Å²) in [4.78, 5) is 28.4. The van der Waals surface area contributed by atoms with Crippen molar-refractivity contribution in [3.63, 3.8) is 0 Å². The Labute approximate surface area is 130 Å². The molecule has 1 aromatic rings. The Morgan fingerprint density at radius 2 is 2.27 bits per heavy atom. The van der Waals surface area contributed by atoms with E-state index in [1.807, 2.05) is 18.4 Å². The van der Waals surface area contributed by atoms with Gasteiger partial charge in [0.25, 0.3) is 5.91 Å². The lowest BCUT2D eigenvalue weighted by molar-refractivity contribution is -0.126. The van der Waals surface area contributed by atoms with Gasteiger partial charge >= 0.3 is 0 Å². The van der Waals surface area contributed by atoms with E-state index < -0.39 is 0 Å². The Hall–Kier alpha value is -1.89. The molecule has 1 atom stereocenters. The number of hydrogen-bond donors (Lipinski definition) is 2. The van der Waals surface area contributed by atoms with E-state index in [0.29, 0.717) is 31.8 Å². The number of rotatable bonds is 6. The van der Waals surface area contributed by atoms with Crippen molar-refractivity contribution in [2.45, 2.75) is 39.3 Å². The zero-order valence-electron chi connectivity index (χ0n) is 13.4. The molecule has 1 aliphatic heterocycles. The first kappa shape index (κ1) is 16.5. The maximum absolute atomic E-state index is 12.1. The molecule has 22 heavy (non-hydrogen) atoms. The van der Waals surface area contributed by atoms with E-state index >= 15 is 0 Å². The van der Waals surface area contributed by atoms with Gasteiger partial charge in [-0.3, -0.25) is 9.59 Å². The predicted octanol–water partition coefficient (Wildman–Crippen LogP) is 0.346. The van der Waals surface area contributed by atoms with Crippen molar-refractivity contribution in [3.05, 3.63) is 17.7 Å². The van der Waals surface area contributed by atoms with Crippen LogP contribution in [0.25, 0.3) is 0 Å². The number of carbonyl (C=O) groups excluding carboxylic acids is 2. The van der Waals surface area contributed by atoms with Crippen LogP contribution in [-0.4, -0.2) is 47.7 Å². The number of aromatic nitrogens is 2. The zero-order chi connectivity index (χ0) is 16.1. The maximum Gasteiger partial charge on any atom is 0.271 e. The molecule has 2 N–H and O–H groups in total. The highest BCUT2D eigenvalue weighted by Gasteiger charge is 2.28. The van der Waals surface area contributed by atoms with Gasteiger partial charge in [0.05, 0.1) is 24.5 Å². The fourth-order valence-corrected chi connectivity index (χ4v) is 2.62. The molecule has 0 aromatic carbocycles. The number of carbonyl (C=O) groups is 2. The van der Waals surface area contributed by atoms with E-state index in [0.717, 1.165) is 12.1 Å². The van der Waals surface area contributed by atoms with E-state index in [4.69, 9.17) is 4.74 Å². The van der Waals surface area contributed by atoms with Gasteiger partial charge in [-0.25, -0.2) is 4.98 Å². The van der Waals surface area contributed by atoms with Crippen LogP contribution < -0.4 is 10.6 Å². The number of nitrogens with zero attached hydrogens (tertiary/aromatic N) is 2. The van der Waals surface area contributed by atoms with Crippen LogP contribution in [-0.2, 0) is 22.5 Å². The van der Waals surface area contributed by atoms with E-state index in [2.05, 4.69) is 15.6 Å². The third-order valence-corrected chi connectivity index (χ3v) is 3.70. The summed E-state index contributed by atoms with van der Waals surface area (Å²) < 4.78 is 6.84. The van der Waals surface area contributed by atoms with Crippen LogP contribution >= 0.6 is 0 Å². The van der Waals surface area contributed by atoms with Crippen LogP contribution in [0, 0.1) is 5.92 Å². The molecule has 1 aromatic heterocycles. The third-order valence-electron chi connectivity index (χ3n) is 3.70. The second-order valence-corrected chi connectivity index (χ2v) is 5.84. The molecule has 1 unspecified atom stereocenters. The van der Waals surface area contributed by atoms with Crippen LogP contribution in [0.2, 0.25) is 0 Å². The van der Waals surface area contributed by atoms with Crippen molar-refractivity contribution in [2.24, 2.45) is 5.92 Å². The van der Waals surface area contributed by atoms with Gasteiger partial charge in [-0.05, 0) is 26.7 Å². The zero-order valence-corrected chi connectivity index (χ0v) is 13.4. The SMILES string of the molecule is COCCNC(=O)C1CCc2c(C(=O)NC(C)C)ncn2C1. The highest BCUT2D eigenvalue weighted by molar-refractivity contribution is 5.93. The lowest BCUT2D eigenvalue weighted by Gasteiger charge is -2.24. The Morgan fingerprint density at radius 1 is 1.50 bits per heavy atom. The van der Waals surface area contributed by atoms with Crippen LogP contribution in [0.4, 0.5) is 0 Å². The van der Waals surface area contributed by atoms with E-state index in [1.165, 1.54) is 0 Å². The number of nitrogens with one attached hydrogen (secondary N) is 2. The lowest BCUT2D eigenvalue weighted by Crippen LogP contribution is -2.38. The maximum atomic E-state index is 12.1. The van der Waals surface area contributed by atoms with Crippen molar-refractivity contribution >= 4 is 11.8 Å². The van der Waals surface area contributed by atoms with Crippen molar-refractivity contribution in [3.8, 4) is 0 Å². The summed E-state index contributed by atoms with van der Waals surface area (Å²) in [5, 5.41) is 5.72. The Kier molecular flexibility index (Phi) is 5.54. The summed E-state index contributed by atoms with van der Waals surface area (Å²) in [5.74, 6) is -0.198. The molecule has 0 bridgehead atoms. The third kappa shape index (κ3) is 3.85. The molecule has 2 heterocycles. The minimum absolute atomic E-state index is 0.0320. The summed E-state index contributed by atoms with van der Waals surface area (Å²) in [5.41, 5.74) is 1.39. The number of fused-ring (bicyclic) bond motifs is 1. The molecule has 7 heteroatoms. The molecule has 0 fully saturated rings. The monoisotopic (exact) mass is 308 g/mol. The molecule has 2 amide bonds. The molecular formula is C15H24N4O3. The molecule has 0 radical (unpaired) electrons. The van der Waals surface area contributed by atoms with Crippen LogP contribution in [0.5, 0.6) is 0 Å². The molecule has 0 saturated carbocycles. The van der Waals surface area contributed by atoms with E-state index in [-0.39, 0.29) is 23.8 Å². The number of imidazole rings is 1. The van der Waals surface area contributed by atoms with Crippen LogP contribution in [0.3, 0.4) is 0 Å². The van der Waals surface area contributed by atoms with Gasteiger partial charge in [0, 0.05) is 26.2 Å². The number of methoxy groups -OCH3 is 1. The smallest absolute Gasteiger partial charge is 0.271 e. The standard InChI is InChI=1S/C15H24N4O3/c1-10(2)18-15(21)13-12-5-4-11(8-19(12)9-17-13)14(20)16-6-7-22-3/h9-11H,4-8H2,1-3H3,(H,16,20)(H,18,21). The molecular weight excluding hydrogens is 284 g/mol. The molecule has 0 aliphatic carbocycles. The molecule has 0 spiro atoms. The summed E-state index contributed by atoms with van der Waals surface area (Å²) in [7, 11) is 1.61. The summed E-state index contributed by atoms with van der Waals surface area (Å²) in [6, 6.07) is 0.0766. The summed E-state index contributed by atoms with van der Waals surface area (Å²) in [6.07, 6.45) is 3.06. The minimum atomic E-state index is -0.147. The second kappa shape index (κ2) is 7.40. The first-order valence-electron chi connectivity index (χ1n) is 7.64. The molecule has 122 valence electrons. The molecule has 7 nitrogen and oxygen atoms in total. The van der Waals surface area contributed by atoms with Crippen LogP contribution in [0.1, 0.15) is 36.5 Å². The molecule has 2 rings (SSSR count). The van der Waals surface area contributed by atoms with Gasteiger partial charge in [-0.2, -0.15) is 0 Å². The average Bonchev–Trinajstić information content (AvgIpc) is 2.89. The Morgan fingerprint density at radius 3 is 2.95 bits per heavy atom. The van der Waals surface area contributed by atoms with E-state index in [9.17, 15) is 9.59 Å². The Balaban J connectivity index is 1.99. The number of ether oxygens (including phenoxy) is 1. The molecule has 1 aliphatic rings. The van der Waals surface area contributed by atoms with E-state index in [1.54, 1.807) is 13.4 Å². The topological polar surface area (TPSA) is 85.2 Å². The van der Waals surface area contributed by atoms with Gasteiger partial charge in [0.2, 0.25) is 5.91 Å². The van der Waals surface area contributed by atoms with Crippen molar-refractivity contribution in [1.29, 1.82) is 0 Å². The van der Waals surface area contributed by atoms with Gasteiger partial charge in [0.1, 0.15) is 5.69 Å². The predicted molar refractivity (Wildman–Crippen MR) is 81.5 cm³/mol. The van der Waals surface area contributed by atoms with Crippen molar-refractivity contribution < 1.29 is 14.3 Å². The molecule has 0 saturated heterocycles. The minimum Gasteiger partial charge on any atom is -0.383 e. The largest absolute Gasteiger partial charge is 0.383 e. The second-order valence-electron chi connectivity index (χ2n) is 5.84. The number of amides is 2. The van der Waals surface area contributed by atoms with Crippen molar-refractivity contribution in [2.75, 3.05) is 20.3 Å². The first-order valence-corrected chi connectivity index (χ1v) is 7.64. The quantitative estimate of drug-likeness (QED) is 0.743. The van der Waals surface area contributed by atoms with Gasteiger partial charge in [0.15, 0.2) is 0 Å². The lowest BCUT2D eigenvalue weighted by atomic mass is 9.96. The highest BCUT2D eigenvalue weighted by atomic mass is 16.5. The van der Waals surface area contributed by atoms with Gasteiger partial charge in [-0.1, -0.05) is 0 Å². The average molecular weight is 308 g/mol. The van der Waals surface area contributed by atoms with Gasteiger partial charge < -0.3 is 19.9 Å². The van der Waals surface area contributed by atoms with Crippen molar-refractivity contribution in [1.82, 2.24) is 20.2 Å². The number of hydrogen-bond acceptors (Lipinski definition) is 4. The van der Waals surface area contributed by atoms with Crippen LogP contribution in [0.15, 0.2) is 6.33 Å². The first-order chi connectivity index (χ1) is 10.5. The highest BCUT2D eigenvalue weighted by Crippen LogP contribution is 2.22. The summed E-state index contributed by atoms with van der Waals surface area (Å²) >= 11 is 0. The fraction of sp³-hybridized carbons (Fsp3) is 0.667. The Bertz CT molecular complexity index is 539.